The minimum absolute atomic E-state index is 0.126. The molecule has 28 heavy (non-hydrogen) atoms. The second kappa shape index (κ2) is 7.98. The summed E-state index contributed by atoms with van der Waals surface area (Å²) in [5.74, 6) is -0.628. The van der Waals surface area contributed by atoms with E-state index in [-0.39, 0.29) is 18.4 Å². The summed E-state index contributed by atoms with van der Waals surface area (Å²) in [7, 11) is 0. The molecule has 5 nitrogen and oxygen atoms in total. The number of carbonyl (C=O) groups excluding carboxylic acids is 2. The molecule has 0 aliphatic carbocycles. The van der Waals surface area contributed by atoms with Gasteiger partial charge in [0, 0.05) is 16.1 Å². The summed E-state index contributed by atoms with van der Waals surface area (Å²) < 4.78 is 0. The van der Waals surface area contributed by atoms with E-state index in [9.17, 15) is 9.59 Å². The molecule has 0 fully saturated rings. The molecule has 1 aromatic heterocycles. The zero-order valence-corrected chi connectivity index (χ0v) is 17.1. The number of carbonyl (C=O) groups is 2. The Labute approximate surface area is 169 Å². The van der Waals surface area contributed by atoms with Crippen LogP contribution in [0.1, 0.15) is 32.7 Å². The number of halogens is 1. The van der Waals surface area contributed by atoms with Crippen LogP contribution in [-0.2, 0) is 4.79 Å². The number of fused-ring (bicyclic) bond motifs is 1. The van der Waals surface area contributed by atoms with Crippen LogP contribution in [0.25, 0.3) is 10.9 Å². The van der Waals surface area contributed by atoms with Crippen molar-refractivity contribution in [2.45, 2.75) is 27.7 Å². The second-order valence-corrected chi connectivity index (χ2v) is 7.40. The van der Waals surface area contributed by atoms with Gasteiger partial charge in [-0.3, -0.25) is 14.6 Å². The Morgan fingerprint density at radius 1 is 1.00 bits per heavy atom. The molecule has 0 atom stereocenters. The van der Waals surface area contributed by atoms with Crippen LogP contribution in [0.3, 0.4) is 0 Å². The van der Waals surface area contributed by atoms with Crippen LogP contribution in [0.15, 0.2) is 36.4 Å². The van der Waals surface area contributed by atoms with Crippen LogP contribution >= 0.6 is 11.6 Å². The van der Waals surface area contributed by atoms with Crippen molar-refractivity contribution < 1.29 is 9.59 Å². The molecule has 144 valence electrons. The Morgan fingerprint density at radius 2 is 1.68 bits per heavy atom. The Morgan fingerprint density at radius 3 is 2.36 bits per heavy atom. The zero-order chi connectivity index (χ0) is 20.4. The number of amides is 2. The minimum atomic E-state index is -0.348. The molecular weight excluding hydrogens is 374 g/mol. The Balaban J connectivity index is 1.71. The fourth-order valence-electron chi connectivity index (χ4n) is 3.29. The predicted molar refractivity (Wildman–Crippen MR) is 113 cm³/mol. The van der Waals surface area contributed by atoms with E-state index in [0.717, 1.165) is 33.3 Å². The molecule has 0 spiro atoms. The maximum absolute atomic E-state index is 12.6. The summed E-state index contributed by atoms with van der Waals surface area (Å²) in [5, 5.41) is 6.90. The molecular formula is C22H22ClN3O2. The average molecular weight is 396 g/mol. The molecule has 0 unspecified atom stereocenters. The van der Waals surface area contributed by atoms with Crippen molar-refractivity contribution in [1.82, 2.24) is 10.3 Å². The van der Waals surface area contributed by atoms with Crippen molar-refractivity contribution in [3.8, 4) is 0 Å². The molecule has 0 saturated heterocycles. The lowest BCUT2D eigenvalue weighted by Gasteiger charge is -2.13. The fourth-order valence-corrected chi connectivity index (χ4v) is 3.47. The molecule has 0 saturated carbocycles. The number of nitrogens with zero attached hydrogens (tertiary/aromatic N) is 1. The number of pyridine rings is 1. The summed E-state index contributed by atoms with van der Waals surface area (Å²) in [6.07, 6.45) is 0. The van der Waals surface area contributed by atoms with Crippen LogP contribution in [-0.4, -0.2) is 23.3 Å². The number of aryl methyl sites for hydroxylation is 4. The first-order chi connectivity index (χ1) is 13.2. The van der Waals surface area contributed by atoms with Crippen molar-refractivity contribution in [2.24, 2.45) is 0 Å². The van der Waals surface area contributed by atoms with Gasteiger partial charge in [0.2, 0.25) is 5.91 Å². The zero-order valence-electron chi connectivity index (χ0n) is 16.3. The Bertz CT molecular complexity index is 1070. The third-order valence-electron chi connectivity index (χ3n) is 4.56. The molecule has 0 aliphatic rings. The minimum Gasteiger partial charge on any atom is -0.343 e. The number of anilines is 1. The van der Waals surface area contributed by atoms with Crippen LogP contribution in [0.4, 0.5) is 5.69 Å². The number of aromatic nitrogens is 1. The number of hydrogen-bond acceptors (Lipinski definition) is 3. The summed E-state index contributed by atoms with van der Waals surface area (Å²) in [5.41, 5.74) is 5.68. The van der Waals surface area contributed by atoms with Gasteiger partial charge in [-0.2, -0.15) is 0 Å². The molecule has 3 rings (SSSR count). The topological polar surface area (TPSA) is 71.1 Å². The van der Waals surface area contributed by atoms with Crippen LogP contribution in [0.5, 0.6) is 0 Å². The normalized spacial score (nSPS) is 10.8. The predicted octanol–water partition coefficient (Wildman–Crippen LogP) is 4.49. The first-order valence-corrected chi connectivity index (χ1v) is 9.35. The lowest BCUT2D eigenvalue weighted by molar-refractivity contribution is -0.115. The summed E-state index contributed by atoms with van der Waals surface area (Å²) >= 11 is 6.02. The van der Waals surface area contributed by atoms with Gasteiger partial charge in [-0.05, 0) is 63.1 Å². The first kappa shape index (κ1) is 19.8. The van der Waals surface area contributed by atoms with Gasteiger partial charge in [0.15, 0.2) is 0 Å². The highest BCUT2D eigenvalue weighted by Gasteiger charge is 2.14. The van der Waals surface area contributed by atoms with E-state index in [4.69, 9.17) is 11.6 Å². The summed E-state index contributed by atoms with van der Waals surface area (Å²) in [6, 6.07) is 11.1. The highest BCUT2D eigenvalue weighted by Crippen LogP contribution is 2.22. The van der Waals surface area contributed by atoms with E-state index in [2.05, 4.69) is 15.6 Å². The number of rotatable bonds is 4. The molecule has 1 heterocycles. The van der Waals surface area contributed by atoms with Crippen molar-refractivity contribution in [1.29, 1.82) is 0 Å². The molecule has 0 bridgehead atoms. The van der Waals surface area contributed by atoms with E-state index in [1.54, 1.807) is 25.1 Å². The quantitative estimate of drug-likeness (QED) is 0.683. The Hall–Kier alpha value is -2.92. The van der Waals surface area contributed by atoms with E-state index >= 15 is 0 Å². The maximum Gasteiger partial charge on any atom is 0.253 e. The maximum atomic E-state index is 12.6. The van der Waals surface area contributed by atoms with E-state index in [0.29, 0.717) is 16.3 Å². The van der Waals surface area contributed by atoms with Gasteiger partial charge in [-0.15, -0.1) is 0 Å². The van der Waals surface area contributed by atoms with Gasteiger partial charge in [0.1, 0.15) is 0 Å². The molecule has 0 radical (unpaired) electrons. The molecule has 2 N–H and O–H groups in total. The van der Waals surface area contributed by atoms with Crippen molar-refractivity contribution >= 4 is 40.0 Å². The third-order valence-corrected chi connectivity index (χ3v) is 4.80. The van der Waals surface area contributed by atoms with Gasteiger partial charge in [0.05, 0.1) is 23.3 Å². The highest BCUT2D eigenvalue weighted by atomic mass is 35.5. The molecule has 3 aromatic rings. The largest absolute Gasteiger partial charge is 0.343 e. The van der Waals surface area contributed by atoms with Crippen molar-refractivity contribution in [3.05, 3.63) is 69.4 Å². The van der Waals surface area contributed by atoms with Crippen LogP contribution in [0.2, 0.25) is 5.02 Å². The lowest BCUT2D eigenvalue weighted by Crippen LogP contribution is -2.33. The van der Waals surface area contributed by atoms with E-state index in [1.165, 1.54) is 0 Å². The van der Waals surface area contributed by atoms with E-state index in [1.807, 2.05) is 39.0 Å². The van der Waals surface area contributed by atoms with Gasteiger partial charge in [-0.25, -0.2) is 0 Å². The second-order valence-electron chi connectivity index (χ2n) is 6.96. The number of nitrogens with one attached hydrogen (secondary N) is 2. The van der Waals surface area contributed by atoms with Crippen molar-refractivity contribution in [3.63, 3.8) is 0 Å². The summed E-state index contributed by atoms with van der Waals surface area (Å²) in [6.45, 7) is 7.55. The molecule has 2 amide bonds. The number of benzene rings is 2. The number of hydrogen-bond donors (Lipinski definition) is 2. The fraction of sp³-hybridized carbons (Fsp3) is 0.227. The first-order valence-electron chi connectivity index (χ1n) is 8.97. The monoisotopic (exact) mass is 395 g/mol. The molecule has 0 aliphatic heterocycles. The van der Waals surface area contributed by atoms with Gasteiger partial charge >= 0.3 is 0 Å². The SMILES string of the molecule is Cc1cc(C)c(NC(=O)CNC(=O)c2cc3cc(Cl)ccc3nc2C)c(C)c1. The van der Waals surface area contributed by atoms with Crippen LogP contribution in [0, 0.1) is 27.7 Å². The molecule has 6 heteroatoms. The van der Waals surface area contributed by atoms with Gasteiger partial charge in [-0.1, -0.05) is 29.3 Å². The van der Waals surface area contributed by atoms with Crippen LogP contribution < -0.4 is 10.6 Å². The standard InChI is InChI=1S/C22H22ClN3O2/c1-12-7-13(2)21(14(3)8-12)26-20(27)11-24-22(28)18-10-16-9-17(23)5-6-19(16)25-15(18)4/h5-10H,11H2,1-4H3,(H,24,28)(H,26,27). The molecule has 2 aromatic carbocycles. The lowest BCUT2D eigenvalue weighted by atomic mass is 10.1. The van der Waals surface area contributed by atoms with E-state index < -0.39 is 0 Å². The Kier molecular flexibility index (Phi) is 5.66. The smallest absolute Gasteiger partial charge is 0.253 e. The van der Waals surface area contributed by atoms with Gasteiger partial charge < -0.3 is 10.6 Å². The van der Waals surface area contributed by atoms with Crippen molar-refractivity contribution in [2.75, 3.05) is 11.9 Å². The summed E-state index contributed by atoms with van der Waals surface area (Å²) in [4.78, 5) is 29.3. The average Bonchev–Trinajstić information content (AvgIpc) is 2.62. The third kappa shape index (κ3) is 4.31. The highest BCUT2D eigenvalue weighted by molar-refractivity contribution is 6.31. The van der Waals surface area contributed by atoms with Gasteiger partial charge in [0.25, 0.3) is 5.91 Å².